The Hall–Kier alpha value is -2.60. The van der Waals surface area contributed by atoms with Crippen molar-refractivity contribution in [3.05, 3.63) is 60.3 Å². The lowest BCUT2D eigenvalue weighted by Gasteiger charge is -2.11. The first kappa shape index (κ1) is 22.7. The monoisotopic (exact) mass is 415 g/mol. The normalized spacial score (nSPS) is 11.4. The minimum absolute atomic E-state index is 0.577. The van der Waals surface area contributed by atoms with Crippen molar-refractivity contribution in [2.24, 2.45) is 0 Å². The van der Waals surface area contributed by atoms with Gasteiger partial charge in [0.05, 0.1) is 12.0 Å². The van der Waals surface area contributed by atoms with Gasteiger partial charge >= 0.3 is 5.97 Å². The minimum Gasteiger partial charge on any atom is -0.479 e. The molecule has 1 N–H and O–H groups in total. The highest BCUT2D eigenvalue weighted by molar-refractivity contribution is 7.94. The number of carboxylic acid groups (broad SMARTS) is 1. The molecule has 0 aliphatic heterocycles. The Morgan fingerprint density at radius 2 is 1.79 bits per heavy atom. The molecular weight excluding hydrogens is 386 g/mol. The molecule has 0 bridgehead atoms. The molecule has 0 radical (unpaired) electrons. The minimum atomic E-state index is -0.967. The highest BCUT2D eigenvalue weighted by Crippen LogP contribution is 2.24. The molecule has 2 aromatic carbocycles. The molecule has 156 valence electrons. The van der Waals surface area contributed by atoms with Gasteiger partial charge in [-0.2, -0.15) is 0 Å². The molecule has 1 heterocycles. The van der Waals surface area contributed by atoms with Crippen LogP contribution >= 0.6 is 12.0 Å². The fourth-order valence-electron chi connectivity index (χ4n) is 2.96. The van der Waals surface area contributed by atoms with Gasteiger partial charge in [0, 0.05) is 29.9 Å². The van der Waals surface area contributed by atoms with E-state index >= 15 is 0 Å². The third kappa shape index (κ3) is 6.46. The van der Waals surface area contributed by atoms with Crippen LogP contribution in [-0.4, -0.2) is 28.0 Å². The summed E-state index contributed by atoms with van der Waals surface area (Å²) in [6.07, 6.45) is 5.12. The van der Waals surface area contributed by atoms with Gasteiger partial charge in [0.2, 0.25) is 0 Å². The van der Waals surface area contributed by atoms with Crippen LogP contribution < -0.4 is 8.92 Å². The number of carbonyl (C=O) groups is 1. The van der Waals surface area contributed by atoms with Gasteiger partial charge in [-0.25, -0.2) is 4.79 Å². The smallest absolute Gasteiger partial charge is 0.344 e. The lowest BCUT2D eigenvalue weighted by atomic mass is 10.1. The molecular formula is C23H29NO4S. The zero-order chi connectivity index (χ0) is 21.2. The second-order valence-electron chi connectivity index (χ2n) is 6.33. The van der Waals surface area contributed by atoms with Crippen molar-refractivity contribution in [2.75, 3.05) is 6.26 Å². The van der Waals surface area contributed by atoms with E-state index in [1.54, 1.807) is 0 Å². The molecule has 0 saturated carbocycles. The summed E-state index contributed by atoms with van der Waals surface area (Å²) < 4.78 is 13.1. The van der Waals surface area contributed by atoms with Gasteiger partial charge in [-0.15, -0.1) is 0 Å². The maximum absolute atomic E-state index is 10.8. The van der Waals surface area contributed by atoms with Crippen molar-refractivity contribution in [1.82, 2.24) is 4.57 Å². The summed E-state index contributed by atoms with van der Waals surface area (Å²) in [6.45, 7) is 6.45. The molecule has 0 fully saturated rings. The summed E-state index contributed by atoms with van der Waals surface area (Å²) in [5, 5.41) is 10.1. The van der Waals surface area contributed by atoms with Crippen molar-refractivity contribution in [2.45, 2.75) is 46.3 Å². The number of ether oxygens (including phenoxy) is 1. The van der Waals surface area contributed by atoms with Crippen molar-refractivity contribution in [1.29, 1.82) is 0 Å². The first-order valence-electron chi connectivity index (χ1n) is 9.85. The number of nitrogens with zero attached hydrogens (tertiary/aromatic N) is 1. The molecule has 3 rings (SSSR count). The number of aryl methyl sites for hydroxylation is 2. The van der Waals surface area contributed by atoms with Gasteiger partial charge < -0.3 is 18.6 Å². The maximum atomic E-state index is 10.8. The lowest BCUT2D eigenvalue weighted by Crippen LogP contribution is -2.22. The zero-order valence-corrected chi connectivity index (χ0v) is 18.2. The van der Waals surface area contributed by atoms with E-state index in [2.05, 4.69) is 29.0 Å². The van der Waals surface area contributed by atoms with Crippen molar-refractivity contribution < 1.29 is 18.8 Å². The number of hydrogen-bond acceptors (Lipinski definition) is 4. The topological polar surface area (TPSA) is 60.7 Å². The van der Waals surface area contributed by atoms with E-state index in [9.17, 15) is 4.79 Å². The van der Waals surface area contributed by atoms with E-state index in [4.69, 9.17) is 14.0 Å². The number of rotatable bonds is 9. The molecule has 1 atom stereocenters. The summed E-state index contributed by atoms with van der Waals surface area (Å²) in [6, 6.07) is 15.9. The van der Waals surface area contributed by atoms with Crippen LogP contribution in [0.25, 0.3) is 10.9 Å². The molecule has 0 spiro atoms. The maximum Gasteiger partial charge on any atom is 0.344 e. The number of aliphatic carboxylic acids is 1. The molecule has 5 nitrogen and oxygen atoms in total. The SMILES string of the molecule is CC.CSOc1ccc2c(ccn2CCCc2ccc(OC(C)C(=O)O)cc2)c1. The van der Waals surface area contributed by atoms with Gasteiger partial charge in [0.15, 0.2) is 6.10 Å². The molecule has 1 unspecified atom stereocenters. The van der Waals surface area contributed by atoms with E-state index < -0.39 is 12.1 Å². The fourth-order valence-corrected chi connectivity index (χ4v) is 3.26. The highest BCUT2D eigenvalue weighted by atomic mass is 32.2. The Balaban J connectivity index is 0.00000145. The third-order valence-corrected chi connectivity index (χ3v) is 4.73. The van der Waals surface area contributed by atoms with E-state index in [0.717, 1.165) is 25.1 Å². The fraction of sp³-hybridized carbons (Fsp3) is 0.348. The summed E-state index contributed by atoms with van der Waals surface area (Å²) in [5.74, 6) is 0.478. The average molecular weight is 416 g/mol. The van der Waals surface area contributed by atoms with Crippen LogP contribution in [-0.2, 0) is 17.8 Å². The van der Waals surface area contributed by atoms with Crippen LogP contribution in [0.2, 0.25) is 0 Å². The van der Waals surface area contributed by atoms with Crippen molar-refractivity contribution >= 4 is 28.9 Å². The van der Waals surface area contributed by atoms with Crippen molar-refractivity contribution in [3.63, 3.8) is 0 Å². The van der Waals surface area contributed by atoms with Crippen LogP contribution in [0.5, 0.6) is 11.5 Å². The van der Waals surface area contributed by atoms with E-state index in [1.807, 2.05) is 50.4 Å². The second kappa shape index (κ2) is 11.4. The van der Waals surface area contributed by atoms with Crippen LogP contribution in [0.1, 0.15) is 32.8 Å². The predicted octanol–water partition coefficient (Wildman–Crippen LogP) is 5.81. The lowest BCUT2D eigenvalue weighted by molar-refractivity contribution is -0.144. The van der Waals surface area contributed by atoms with E-state index in [-0.39, 0.29) is 0 Å². The molecule has 1 aromatic heterocycles. The number of benzene rings is 2. The Morgan fingerprint density at radius 1 is 1.10 bits per heavy atom. The summed E-state index contributed by atoms with van der Waals surface area (Å²) >= 11 is 1.34. The highest BCUT2D eigenvalue weighted by Gasteiger charge is 2.12. The van der Waals surface area contributed by atoms with Crippen LogP contribution in [0.15, 0.2) is 54.7 Å². The standard InChI is InChI=1S/C21H23NO4S.C2H6/c1-15(21(23)24)25-18-7-5-16(6-8-18)4-3-12-22-13-11-17-14-19(26-27-2)9-10-20(17)22;1-2/h5-11,13-15H,3-4,12H2,1-2H3,(H,23,24);1-2H3. The summed E-state index contributed by atoms with van der Waals surface area (Å²) in [7, 11) is 0. The number of fused-ring (bicyclic) bond motifs is 1. The molecule has 3 aromatic rings. The Morgan fingerprint density at radius 3 is 2.45 bits per heavy atom. The van der Waals surface area contributed by atoms with Crippen LogP contribution in [0, 0.1) is 0 Å². The Bertz CT molecular complexity index is 905. The van der Waals surface area contributed by atoms with E-state index in [1.165, 1.54) is 35.4 Å². The van der Waals surface area contributed by atoms with E-state index in [0.29, 0.717) is 5.75 Å². The molecule has 0 aliphatic rings. The summed E-state index contributed by atoms with van der Waals surface area (Å²) in [5.41, 5.74) is 2.41. The number of carboxylic acids is 1. The van der Waals surface area contributed by atoms with Gasteiger partial charge in [-0.1, -0.05) is 26.0 Å². The first-order valence-corrected chi connectivity index (χ1v) is 11.0. The summed E-state index contributed by atoms with van der Waals surface area (Å²) in [4.78, 5) is 10.8. The molecule has 0 saturated heterocycles. The molecule has 6 heteroatoms. The molecule has 0 amide bonds. The molecule has 0 aliphatic carbocycles. The van der Waals surface area contributed by atoms with Crippen LogP contribution in [0.3, 0.4) is 0 Å². The zero-order valence-electron chi connectivity index (χ0n) is 17.4. The first-order chi connectivity index (χ1) is 14.1. The Kier molecular flexibility index (Phi) is 8.93. The van der Waals surface area contributed by atoms with Crippen LogP contribution in [0.4, 0.5) is 0 Å². The second-order valence-corrected chi connectivity index (χ2v) is 6.83. The third-order valence-electron chi connectivity index (χ3n) is 4.37. The van der Waals surface area contributed by atoms with Crippen molar-refractivity contribution in [3.8, 4) is 11.5 Å². The van der Waals surface area contributed by atoms with Gasteiger partial charge in [-0.3, -0.25) is 0 Å². The Labute approximate surface area is 176 Å². The average Bonchev–Trinajstić information content (AvgIpc) is 3.13. The largest absolute Gasteiger partial charge is 0.479 e. The van der Waals surface area contributed by atoms with Gasteiger partial charge in [-0.05, 0) is 61.7 Å². The predicted molar refractivity (Wildman–Crippen MR) is 120 cm³/mol. The molecule has 29 heavy (non-hydrogen) atoms. The van der Waals surface area contributed by atoms with Gasteiger partial charge in [0.25, 0.3) is 0 Å². The van der Waals surface area contributed by atoms with Gasteiger partial charge in [0.1, 0.15) is 11.5 Å². The number of aromatic nitrogens is 1. The quantitative estimate of drug-likeness (QED) is 0.447. The number of hydrogen-bond donors (Lipinski definition) is 1.